The highest BCUT2D eigenvalue weighted by Crippen LogP contribution is 2.19. The number of rotatable bonds is 4. The molecule has 0 fully saturated rings. The minimum Gasteiger partial charge on any atom is -0.396 e. The lowest BCUT2D eigenvalue weighted by molar-refractivity contribution is 0.147. The predicted molar refractivity (Wildman–Crippen MR) is 45.5 cm³/mol. The Morgan fingerprint density at radius 2 is 2.31 bits per heavy atom. The van der Waals surface area contributed by atoms with Crippen molar-refractivity contribution in [3.05, 3.63) is 29.8 Å². The topological polar surface area (TPSA) is 53.4 Å². The van der Waals surface area contributed by atoms with Gasteiger partial charge in [0.05, 0.1) is 12.3 Å². The first-order chi connectivity index (χ1) is 6.25. The van der Waals surface area contributed by atoms with Crippen molar-refractivity contribution >= 4 is 0 Å². The summed E-state index contributed by atoms with van der Waals surface area (Å²) in [5.41, 5.74) is 0.239. The average Bonchev–Trinajstić information content (AvgIpc) is 2.15. The Balaban J connectivity index is 2.65. The monoisotopic (exact) mass is 185 g/mol. The van der Waals surface area contributed by atoms with Crippen molar-refractivity contribution in [2.75, 3.05) is 6.61 Å². The van der Waals surface area contributed by atoms with Gasteiger partial charge in [0.1, 0.15) is 5.82 Å². The predicted octanol–water partition coefficient (Wildman–Crippen LogP) is 1.03. The Labute approximate surface area is 75.9 Å². The quantitative estimate of drug-likeness (QED) is 0.736. The Kier molecular flexibility index (Phi) is 3.79. The van der Waals surface area contributed by atoms with Crippen molar-refractivity contribution < 1.29 is 14.6 Å². The molecule has 0 aliphatic heterocycles. The van der Waals surface area contributed by atoms with E-state index in [1.165, 1.54) is 12.3 Å². The van der Waals surface area contributed by atoms with Crippen LogP contribution in [0, 0.1) is 5.82 Å². The van der Waals surface area contributed by atoms with E-state index in [4.69, 9.17) is 5.11 Å². The van der Waals surface area contributed by atoms with Crippen LogP contribution in [0.15, 0.2) is 18.5 Å². The van der Waals surface area contributed by atoms with E-state index in [2.05, 4.69) is 4.98 Å². The van der Waals surface area contributed by atoms with Gasteiger partial charge in [-0.05, 0) is 18.9 Å². The van der Waals surface area contributed by atoms with Crippen molar-refractivity contribution in [3.8, 4) is 0 Å². The maximum atomic E-state index is 13.0. The SMILES string of the molecule is OCCCC(O)c1ccncc1F. The fourth-order valence-electron chi connectivity index (χ4n) is 1.10. The van der Waals surface area contributed by atoms with Crippen LogP contribution in [0.1, 0.15) is 24.5 Å². The third kappa shape index (κ3) is 2.75. The van der Waals surface area contributed by atoms with Crippen LogP contribution in [-0.2, 0) is 0 Å². The molecule has 13 heavy (non-hydrogen) atoms. The molecule has 1 aromatic heterocycles. The second-order valence-corrected chi connectivity index (χ2v) is 2.78. The van der Waals surface area contributed by atoms with Crippen LogP contribution in [0.25, 0.3) is 0 Å². The zero-order chi connectivity index (χ0) is 9.68. The van der Waals surface area contributed by atoms with Crippen molar-refractivity contribution in [1.29, 1.82) is 0 Å². The molecule has 0 spiro atoms. The lowest BCUT2D eigenvalue weighted by atomic mass is 10.1. The molecule has 1 atom stereocenters. The number of aliphatic hydroxyl groups is 2. The molecule has 0 aliphatic rings. The van der Waals surface area contributed by atoms with Crippen LogP contribution < -0.4 is 0 Å². The number of nitrogens with zero attached hydrogens (tertiary/aromatic N) is 1. The van der Waals surface area contributed by atoms with Crippen molar-refractivity contribution in [2.45, 2.75) is 18.9 Å². The zero-order valence-corrected chi connectivity index (χ0v) is 7.15. The van der Waals surface area contributed by atoms with Gasteiger partial charge in [-0.15, -0.1) is 0 Å². The van der Waals surface area contributed by atoms with Crippen molar-refractivity contribution in [3.63, 3.8) is 0 Å². The normalized spacial score (nSPS) is 12.8. The van der Waals surface area contributed by atoms with E-state index in [0.717, 1.165) is 6.20 Å². The molecule has 72 valence electrons. The Morgan fingerprint density at radius 3 is 2.92 bits per heavy atom. The second-order valence-electron chi connectivity index (χ2n) is 2.78. The molecule has 1 heterocycles. The first-order valence-electron chi connectivity index (χ1n) is 4.14. The lowest BCUT2D eigenvalue weighted by Gasteiger charge is -2.09. The van der Waals surface area contributed by atoms with E-state index in [1.54, 1.807) is 0 Å². The van der Waals surface area contributed by atoms with Crippen molar-refractivity contribution in [1.82, 2.24) is 4.98 Å². The van der Waals surface area contributed by atoms with E-state index in [-0.39, 0.29) is 12.2 Å². The van der Waals surface area contributed by atoms with E-state index >= 15 is 0 Å². The molecular formula is C9H12FNO2. The van der Waals surface area contributed by atoms with Gasteiger partial charge in [-0.2, -0.15) is 0 Å². The molecule has 1 unspecified atom stereocenters. The Morgan fingerprint density at radius 1 is 1.54 bits per heavy atom. The molecule has 0 aromatic carbocycles. The van der Waals surface area contributed by atoms with Crippen LogP contribution in [0.3, 0.4) is 0 Å². The van der Waals surface area contributed by atoms with E-state index in [1.807, 2.05) is 0 Å². The Bertz CT molecular complexity index is 268. The highest BCUT2D eigenvalue weighted by Gasteiger charge is 2.11. The number of aromatic nitrogens is 1. The summed E-state index contributed by atoms with van der Waals surface area (Å²) in [7, 11) is 0. The molecule has 0 saturated heterocycles. The van der Waals surface area contributed by atoms with E-state index in [9.17, 15) is 9.50 Å². The summed E-state index contributed by atoms with van der Waals surface area (Å²) in [6.45, 7) is 0.00373. The summed E-state index contributed by atoms with van der Waals surface area (Å²) < 4.78 is 13.0. The number of aliphatic hydroxyl groups excluding tert-OH is 2. The van der Waals surface area contributed by atoms with Gasteiger partial charge in [-0.25, -0.2) is 4.39 Å². The lowest BCUT2D eigenvalue weighted by Crippen LogP contribution is -2.02. The van der Waals surface area contributed by atoms with Crippen LogP contribution in [-0.4, -0.2) is 21.8 Å². The van der Waals surface area contributed by atoms with Crippen LogP contribution in [0.2, 0.25) is 0 Å². The first-order valence-corrected chi connectivity index (χ1v) is 4.14. The molecule has 2 N–H and O–H groups in total. The fraction of sp³-hybridized carbons (Fsp3) is 0.444. The van der Waals surface area contributed by atoms with Gasteiger partial charge in [0.2, 0.25) is 0 Å². The van der Waals surface area contributed by atoms with Crippen LogP contribution in [0.4, 0.5) is 4.39 Å². The van der Waals surface area contributed by atoms with Gasteiger partial charge in [0.15, 0.2) is 0 Å². The number of halogens is 1. The third-order valence-corrected chi connectivity index (χ3v) is 1.80. The van der Waals surface area contributed by atoms with Gasteiger partial charge < -0.3 is 10.2 Å². The highest BCUT2D eigenvalue weighted by atomic mass is 19.1. The van der Waals surface area contributed by atoms with Gasteiger partial charge >= 0.3 is 0 Å². The van der Waals surface area contributed by atoms with Gasteiger partial charge in [0.25, 0.3) is 0 Å². The molecule has 1 rings (SSSR count). The molecule has 0 amide bonds. The largest absolute Gasteiger partial charge is 0.396 e. The van der Waals surface area contributed by atoms with Crippen LogP contribution >= 0.6 is 0 Å². The number of hydrogen-bond acceptors (Lipinski definition) is 3. The standard InChI is InChI=1S/C9H12FNO2/c10-8-6-11-4-3-7(8)9(13)2-1-5-12/h3-4,6,9,12-13H,1-2,5H2. The Hall–Kier alpha value is -1.00. The summed E-state index contributed by atoms with van der Waals surface area (Å²) >= 11 is 0. The molecule has 0 bridgehead atoms. The second kappa shape index (κ2) is 4.89. The highest BCUT2D eigenvalue weighted by molar-refractivity contribution is 5.15. The van der Waals surface area contributed by atoms with E-state index < -0.39 is 11.9 Å². The van der Waals surface area contributed by atoms with Gasteiger partial charge in [-0.3, -0.25) is 4.98 Å². The number of hydrogen-bond donors (Lipinski definition) is 2. The molecule has 1 aromatic rings. The molecule has 3 nitrogen and oxygen atoms in total. The van der Waals surface area contributed by atoms with E-state index in [0.29, 0.717) is 12.8 Å². The first kappa shape index (κ1) is 10.1. The molecule has 0 radical (unpaired) electrons. The fourth-order valence-corrected chi connectivity index (χ4v) is 1.10. The molecule has 0 saturated carbocycles. The smallest absolute Gasteiger partial charge is 0.147 e. The van der Waals surface area contributed by atoms with Gasteiger partial charge in [-0.1, -0.05) is 0 Å². The minimum absolute atomic E-state index is 0.00373. The summed E-state index contributed by atoms with van der Waals surface area (Å²) in [6, 6.07) is 1.44. The third-order valence-electron chi connectivity index (χ3n) is 1.80. The molecular weight excluding hydrogens is 173 g/mol. The van der Waals surface area contributed by atoms with Crippen LogP contribution in [0.5, 0.6) is 0 Å². The maximum absolute atomic E-state index is 13.0. The minimum atomic E-state index is -0.852. The average molecular weight is 185 g/mol. The summed E-state index contributed by atoms with van der Waals surface area (Å²) in [4.78, 5) is 3.57. The zero-order valence-electron chi connectivity index (χ0n) is 7.15. The van der Waals surface area contributed by atoms with Crippen molar-refractivity contribution in [2.24, 2.45) is 0 Å². The molecule has 4 heteroatoms. The van der Waals surface area contributed by atoms with Gasteiger partial charge in [0, 0.05) is 18.4 Å². The maximum Gasteiger partial charge on any atom is 0.147 e. The summed E-state index contributed by atoms with van der Waals surface area (Å²) in [5.74, 6) is -0.507. The molecule has 0 aliphatic carbocycles. The summed E-state index contributed by atoms with van der Waals surface area (Å²) in [6.07, 6.45) is 2.47. The summed E-state index contributed by atoms with van der Waals surface area (Å²) in [5, 5.41) is 18.0. The number of pyridine rings is 1.